The number of fused-ring (bicyclic) bond motifs is 1. The number of aromatic amines is 2. The van der Waals surface area contributed by atoms with E-state index in [1.54, 1.807) is 0 Å². The van der Waals surface area contributed by atoms with Crippen LogP contribution in [-0.4, -0.2) is 40.6 Å². The fraction of sp³-hybridized carbons (Fsp3) is 0.417. The fourth-order valence-corrected chi connectivity index (χ4v) is 2.98. The van der Waals surface area contributed by atoms with Crippen molar-refractivity contribution < 1.29 is 0 Å². The van der Waals surface area contributed by atoms with Crippen molar-refractivity contribution in [2.75, 3.05) is 0 Å². The first-order valence-electron chi connectivity index (χ1n) is 6.60. The van der Waals surface area contributed by atoms with Gasteiger partial charge in [0, 0.05) is 36.1 Å². The predicted octanol–water partition coefficient (Wildman–Crippen LogP) is 0.596. The van der Waals surface area contributed by atoms with E-state index in [2.05, 4.69) is 42.0 Å². The Morgan fingerprint density at radius 1 is 1.35 bits per heavy atom. The minimum atomic E-state index is 0.457. The van der Waals surface area contributed by atoms with Gasteiger partial charge in [0.2, 0.25) is 5.82 Å². The van der Waals surface area contributed by atoms with Gasteiger partial charge in [0.15, 0.2) is 0 Å². The number of nitrogens with one attached hydrogen (secondary N) is 2. The lowest BCUT2D eigenvalue weighted by Crippen LogP contribution is -2.15. The molecule has 0 radical (unpaired) electrons. The van der Waals surface area contributed by atoms with Crippen molar-refractivity contribution in [2.45, 2.75) is 25.2 Å². The molecule has 0 aliphatic heterocycles. The van der Waals surface area contributed by atoms with Crippen molar-refractivity contribution in [2.24, 2.45) is 7.05 Å². The molecule has 3 aromatic heterocycles. The van der Waals surface area contributed by atoms with Gasteiger partial charge in [-0.1, -0.05) is 0 Å². The van der Waals surface area contributed by atoms with Gasteiger partial charge < -0.3 is 0 Å². The summed E-state index contributed by atoms with van der Waals surface area (Å²) in [5, 5.41) is 25.8. The highest BCUT2D eigenvalue weighted by atomic mass is 15.5. The van der Waals surface area contributed by atoms with Crippen LogP contribution in [0.15, 0.2) is 12.3 Å². The van der Waals surface area contributed by atoms with Gasteiger partial charge in [-0.25, -0.2) is 0 Å². The summed E-state index contributed by atoms with van der Waals surface area (Å²) in [6, 6.07) is 2.09. The number of aromatic nitrogens is 8. The van der Waals surface area contributed by atoms with Gasteiger partial charge in [0.25, 0.3) is 0 Å². The number of nitrogens with zero attached hydrogens (tertiary/aromatic N) is 6. The number of hydrogen-bond acceptors (Lipinski definition) is 5. The second-order valence-electron chi connectivity index (χ2n) is 5.08. The molecule has 102 valence electrons. The molecule has 0 bridgehead atoms. The van der Waals surface area contributed by atoms with Crippen LogP contribution in [0.5, 0.6) is 0 Å². The molecule has 1 unspecified atom stereocenters. The molecule has 8 heteroatoms. The number of H-pyrrole nitrogens is 2. The molecule has 4 rings (SSSR count). The average molecular weight is 270 g/mol. The van der Waals surface area contributed by atoms with E-state index in [1.807, 2.05) is 17.9 Å². The van der Waals surface area contributed by atoms with Crippen LogP contribution in [0.4, 0.5) is 0 Å². The second-order valence-corrected chi connectivity index (χ2v) is 5.08. The van der Waals surface area contributed by atoms with Gasteiger partial charge in [0.05, 0.1) is 0 Å². The van der Waals surface area contributed by atoms with Crippen molar-refractivity contribution in [1.82, 2.24) is 40.6 Å². The number of rotatable bonds is 2. The topological polar surface area (TPSA) is 101 Å². The second kappa shape index (κ2) is 4.26. The first-order chi connectivity index (χ1) is 9.83. The Morgan fingerprint density at radius 3 is 3.05 bits per heavy atom. The largest absolute Gasteiger partial charge is 0.282 e. The smallest absolute Gasteiger partial charge is 0.225 e. The summed E-state index contributed by atoms with van der Waals surface area (Å²) in [7, 11) is 1.99. The molecule has 0 saturated carbocycles. The molecule has 1 aliphatic carbocycles. The van der Waals surface area contributed by atoms with E-state index in [-0.39, 0.29) is 0 Å². The van der Waals surface area contributed by atoms with Crippen LogP contribution in [0.3, 0.4) is 0 Å². The van der Waals surface area contributed by atoms with Crippen LogP contribution in [-0.2, 0) is 19.9 Å². The van der Waals surface area contributed by atoms with E-state index in [0.29, 0.717) is 11.7 Å². The highest BCUT2D eigenvalue weighted by molar-refractivity contribution is 5.56. The molecule has 20 heavy (non-hydrogen) atoms. The Morgan fingerprint density at radius 2 is 2.30 bits per heavy atom. The zero-order valence-electron chi connectivity index (χ0n) is 11.0. The molecular weight excluding hydrogens is 256 g/mol. The van der Waals surface area contributed by atoms with Crippen molar-refractivity contribution in [1.29, 1.82) is 0 Å². The molecule has 2 N–H and O–H groups in total. The van der Waals surface area contributed by atoms with Crippen molar-refractivity contribution >= 4 is 0 Å². The van der Waals surface area contributed by atoms with Gasteiger partial charge >= 0.3 is 0 Å². The van der Waals surface area contributed by atoms with Crippen LogP contribution in [0, 0.1) is 0 Å². The zero-order chi connectivity index (χ0) is 13.5. The van der Waals surface area contributed by atoms with Gasteiger partial charge in [-0.15, -0.1) is 10.2 Å². The summed E-state index contributed by atoms with van der Waals surface area (Å²) in [5.41, 5.74) is 4.45. The lowest BCUT2D eigenvalue weighted by Gasteiger charge is -2.22. The Kier molecular flexibility index (Phi) is 2.41. The fourth-order valence-electron chi connectivity index (χ4n) is 2.98. The third-order valence-electron chi connectivity index (χ3n) is 3.98. The van der Waals surface area contributed by atoms with Crippen LogP contribution in [0.2, 0.25) is 0 Å². The number of tetrazole rings is 1. The van der Waals surface area contributed by atoms with E-state index >= 15 is 0 Å². The minimum absolute atomic E-state index is 0.457. The Hall–Kier alpha value is -2.51. The lowest BCUT2D eigenvalue weighted by molar-refractivity contribution is 0.534. The first kappa shape index (κ1) is 11.3. The summed E-state index contributed by atoms with van der Waals surface area (Å²) < 4.78 is 1.95. The summed E-state index contributed by atoms with van der Waals surface area (Å²) in [6.45, 7) is 0. The van der Waals surface area contributed by atoms with Crippen molar-refractivity contribution in [3.8, 4) is 11.5 Å². The summed E-state index contributed by atoms with van der Waals surface area (Å²) in [5.74, 6) is 1.01. The van der Waals surface area contributed by atoms with Crippen molar-refractivity contribution in [3.05, 3.63) is 29.2 Å². The summed E-state index contributed by atoms with van der Waals surface area (Å²) in [6.07, 6.45) is 4.85. The normalized spacial score (nSPS) is 18.1. The standard InChI is InChI=1S/C12H14N8/c1-20-10(4-5-13-20)7-2-3-9-8(6-7)11(15-14-9)12-16-18-19-17-12/h4-5,7H,2-3,6H2,1H3,(H,14,15)(H,16,17,18,19). The summed E-state index contributed by atoms with van der Waals surface area (Å²) >= 11 is 0. The van der Waals surface area contributed by atoms with Gasteiger partial charge in [-0.05, 0) is 30.5 Å². The predicted molar refractivity (Wildman–Crippen MR) is 69.7 cm³/mol. The molecule has 0 aromatic carbocycles. The molecule has 8 nitrogen and oxygen atoms in total. The van der Waals surface area contributed by atoms with E-state index < -0.39 is 0 Å². The van der Waals surface area contributed by atoms with Crippen LogP contribution in [0.25, 0.3) is 11.5 Å². The minimum Gasteiger partial charge on any atom is -0.282 e. The quantitative estimate of drug-likeness (QED) is 0.710. The monoisotopic (exact) mass is 270 g/mol. The van der Waals surface area contributed by atoms with Crippen LogP contribution < -0.4 is 0 Å². The molecule has 3 aromatic rings. The molecule has 1 atom stereocenters. The summed E-state index contributed by atoms with van der Waals surface area (Å²) in [4.78, 5) is 0. The SMILES string of the molecule is Cn1nccc1C1CCc2[nH]nc(-c3nn[nH]n3)c2C1. The van der Waals surface area contributed by atoms with Gasteiger partial charge in [-0.2, -0.15) is 15.4 Å². The molecule has 0 saturated heterocycles. The Bertz CT molecular complexity index is 723. The van der Waals surface area contributed by atoms with E-state index in [0.717, 1.165) is 25.0 Å². The zero-order valence-corrected chi connectivity index (χ0v) is 11.0. The molecular formula is C12H14N8. The van der Waals surface area contributed by atoms with Crippen LogP contribution in [0.1, 0.15) is 29.3 Å². The number of hydrogen-bond donors (Lipinski definition) is 2. The molecule has 0 fully saturated rings. The maximum absolute atomic E-state index is 4.35. The third kappa shape index (κ3) is 1.64. The molecule has 0 spiro atoms. The van der Waals surface area contributed by atoms with E-state index in [4.69, 9.17) is 0 Å². The molecule has 0 amide bonds. The molecule has 3 heterocycles. The van der Waals surface area contributed by atoms with Gasteiger partial charge in [0.1, 0.15) is 5.69 Å². The van der Waals surface area contributed by atoms with Crippen LogP contribution >= 0.6 is 0 Å². The Balaban J connectivity index is 1.72. The average Bonchev–Trinajstić information content (AvgIpc) is 3.17. The maximum Gasteiger partial charge on any atom is 0.225 e. The highest BCUT2D eigenvalue weighted by Gasteiger charge is 2.28. The highest BCUT2D eigenvalue weighted by Crippen LogP contribution is 2.35. The van der Waals surface area contributed by atoms with Crippen molar-refractivity contribution in [3.63, 3.8) is 0 Å². The van der Waals surface area contributed by atoms with E-state index in [1.165, 1.54) is 17.0 Å². The molecule has 1 aliphatic rings. The third-order valence-corrected chi connectivity index (χ3v) is 3.98. The Labute approximate surface area is 114 Å². The maximum atomic E-state index is 4.35. The lowest BCUT2D eigenvalue weighted by atomic mass is 9.84. The van der Waals surface area contributed by atoms with Gasteiger partial charge in [-0.3, -0.25) is 9.78 Å². The number of aryl methyl sites for hydroxylation is 2. The first-order valence-corrected chi connectivity index (χ1v) is 6.60. The van der Waals surface area contributed by atoms with E-state index in [9.17, 15) is 0 Å².